The number of furan rings is 1. The van der Waals surface area contributed by atoms with Crippen molar-refractivity contribution in [3.05, 3.63) is 65.5 Å². The predicted molar refractivity (Wildman–Crippen MR) is 129 cm³/mol. The number of ether oxygens (including phenoxy) is 1. The van der Waals surface area contributed by atoms with E-state index in [1.54, 1.807) is 13.0 Å². The number of carbonyl (C=O) groups is 1. The normalized spacial score (nSPS) is 11.0. The third-order valence-corrected chi connectivity index (χ3v) is 5.57. The second-order valence-electron chi connectivity index (χ2n) is 7.90. The van der Waals surface area contributed by atoms with Crippen LogP contribution in [0.1, 0.15) is 41.4 Å². The van der Waals surface area contributed by atoms with Gasteiger partial charge in [0.05, 0.1) is 18.2 Å². The van der Waals surface area contributed by atoms with Crippen molar-refractivity contribution in [1.29, 1.82) is 5.26 Å². The van der Waals surface area contributed by atoms with E-state index in [-0.39, 0.29) is 5.76 Å². The number of H-pyrrole nitrogens is 1. The summed E-state index contributed by atoms with van der Waals surface area (Å²) < 4.78 is 10.5. The highest BCUT2D eigenvalue weighted by Gasteiger charge is 2.13. The molecule has 33 heavy (non-hydrogen) atoms. The molecule has 0 aliphatic carbocycles. The molecule has 0 bridgehead atoms. The summed E-state index contributed by atoms with van der Waals surface area (Å²) >= 11 is 0. The number of aromatic nitrogens is 1. The standard InChI is InChI=1S/C26H28N4O3/c1-2-32-26(31)25-15-20-14-21(7-9-24(20)33-25)29-12-11-28-10-4-3-5-19-17-30-23-8-6-18(16-27)13-22(19)23/h6-9,13-15,17,28-30H,2-5,10-12H2,1H3. The molecule has 0 amide bonds. The Morgan fingerprint density at radius 3 is 2.88 bits per heavy atom. The van der Waals surface area contributed by atoms with Crippen LogP contribution in [0.25, 0.3) is 21.9 Å². The van der Waals surface area contributed by atoms with Crippen LogP contribution >= 0.6 is 0 Å². The minimum Gasteiger partial charge on any atom is -0.460 e. The first-order valence-electron chi connectivity index (χ1n) is 11.3. The second kappa shape index (κ2) is 10.7. The molecule has 0 radical (unpaired) electrons. The zero-order valence-corrected chi connectivity index (χ0v) is 18.7. The largest absolute Gasteiger partial charge is 0.460 e. The molecule has 0 unspecified atom stereocenters. The summed E-state index contributed by atoms with van der Waals surface area (Å²) in [5.41, 5.74) is 4.70. The number of fused-ring (bicyclic) bond motifs is 2. The van der Waals surface area contributed by atoms with Gasteiger partial charge in [-0.2, -0.15) is 5.26 Å². The summed E-state index contributed by atoms with van der Waals surface area (Å²) in [4.78, 5) is 15.1. The van der Waals surface area contributed by atoms with Crippen LogP contribution in [0.2, 0.25) is 0 Å². The Balaban J connectivity index is 1.16. The van der Waals surface area contributed by atoms with Gasteiger partial charge in [0.15, 0.2) is 0 Å². The molecule has 0 aliphatic heterocycles. The Morgan fingerprint density at radius 2 is 2.03 bits per heavy atom. The van der Waals surface area contributed by atoms with E-state index in [0.29, 0.717) is 17.8 Å². The number of hydrogen-bond acceptors (Lipinski definition) is 6. The molecule has 7 heteroatoms. The van der Waals surface area contributed by atoms with Crippen LogP contribution in [-0.2, 0) is 11.2 Å². The van der Waals surface area contributed by atoms with Crippen LogP contribution in [-0.4, -0.2) is 37.2 Å². The molecular formula is C26H28N4O3. The Bertz CT molecular complexity index is 1280. The highest BCUT2D eigenvalue weighted by molar-refractivity contribution is 5.93. The molecule has 0 atom stereocenters. The van der Waals surface area contributed by atoms with Gasteiger partial charge in [-0.05, 0) is 80.8 Å². The molecule has 0 spiro atoms. The summed E-state index contributed by atoms with van der Waals surface area (Å²) in [5, 5.41) is 18.0. The molecule has 4 rings (SSSR count). The number of hydrogen-bond donors (Lipinski definition) is 3. The number of carbonyl (C=O) groups excluding carboxylic acids is 1. The highest BCUT2D eigenvalue weighted by Crippen LogP contribution is 2.24. The molecule has 3 N–H and O–H groups in total. The zero-order valence-electron chi connectivity index (χ0n) is 18.7. The van der Waals surface area contributed by atoms with Crippen molar-refractivity contribution in [3.63, 3.8) is 0 Å². The van der Waals surface area contributed by atoms with Crippen LogP contribution < -0.4 is 10.6 Å². The van der Waals surface area contributed by atoms with E-state index < -0.39 is 5.97 Å². The summed E-state index contributed by atoms with van der Waals surface area (Å²) in [6.07, 6.45) is 5.22. The molecule has 0 saturated carbocycles. The minimum atomic E-state index is -0.441. The number of anilines is 1. The fraction of sp³-hybridized carbons (Fsp3) is 0.308. The van der Waals surface area contributed by atoms with Crippen molar-refractivity contribution < 1.29 is 13.9 Å². The average Bonchev–Trinajstić information content (AvgIpc) is 3.44. The molecule has 170 valence electrons. The van der Waals surface area contributed by atoms with Crippen molar-refractivity contribution in [2.75, 3.05) is 31.6 Å². The summed E-state index contributed by atoms with van der Waals surface area (Å²) in [7, 11) is 0. The highest BCUT2D eigenvalue weighted by atomic mass is 16.5. The zero-order chi connectivity index (χ0) is 23.0. The number of aromatic amines is 1. The van der Waals surface area contributed by atoms with Gasteiger partial charge in [-0.3, -0.25) is 0 Å². The first kappa shape index (κ1) is 22.4. The van der Waals surface area contributed by atoms with Crippen molar-refractivity contribution in [3.8, 4) is 6.07 Å². The lowest BCUT2D eigenvalue weighted by Gasteiger charge is -2.08. The van der Waals surface area contributed by atoms with Gasteiger partial charge in [0.25, 0.3) is 0 Å². The minimum absolute atomic E-state index is 0.226. The van der Waals surface area contributed by atoms with Crippen LogP contribution in [0.4, 0.5) is 5.69 Å². The van der Waals surface area contributed by atoms with Crippen molar-refractivity contribution in [1.82, 2.24) is 10.3 Å². The fourth-order valence-corrected chi connectivity index (χ4v) is 3.90. The Hall–Kier alpha value is -3.76. The van der Waals surface area contributed by atoms with E-state index in [4.69, 9.17) is 14.4 Å². The van der Waals surface area contributed by atoms with Gasteiger partial charge >= 0.3 is 5.97 Å². The smallest absolute Gasteiger partial charge is 0.374 e. The van der Waals surface area contributed by atoms with Gasteiger partial charge < -0.3 is 24.8 Å². The lowest BCUT2D eigenvalue weighted by molar-refractivity contribution is 0.0492. The summed E-state index contributed by atoms with van der Waals surface area (Å²) in [5.74, 6) is -0.215. The predicted octanol–water partition coefficient (Wildman–Crippen LogP) is 4.99. The summed E-state index contributed by atoms with van der Waals surface area (Å²) in [6.45, 7) is 4.70. The first-order valence-corrected chi connectivity index (χ1v) is 11.3. The number of esters is 1. The molecular weight excluding hydrogens is 416 g/mol. The topological polar surface area (TPSA) is 103 Å². The maximum atomic E-state index is 11.8. The van der Waals surface area contributed by atoms with Crippen LogP contribution in [0.15, 0.2) is 53.1 Å². The maximum absolute atomic E-state index is 11.8. The van der Waals surface area contributed by atoms with Gasteiger partial charge in [-0.15, -0.1) is 0 Å². The number of unbranched alkanes of at least 4 members (excludes halogenated alkanes) is 1. The number of rotatable bonds is 11. The molecule has 2 aromatic heterocycles. The quantitative estimate of drug-likeness (QED) is 0.223. The van der Waals surface area contributed by atoms with E-state index in [0.717, 1.165) is 60.9 Å². The van der Waals surface area contributed by atoms with Crippen LogP contribution in [0.3, 0.4) is 0 Å². The van der Waals surface area contributed by atoms with Gasteiger partial charge in [-0.25, -0.2) is 4.79 Å². The van der Waals surface area contributed by atoms with Gasteiger partial charge in [0.2, 0.25) is 5.76 Å². The van der Waals surface area contributed by atoms with Crippen molar-refractivity contribution in [2.24, 2.45) is 0 Å². The Kier molecular flexibility index (Phi) is 7.28. The van der Waals surface area contributed by atoms with Crippen molar-refractivity contribution in [2.45, 2.75) is 26.2 Å². The fourth-order valence-electron chi connectivity index (χ4n) is 3.90. The van der Waals surface area contributed by atoms with Crippen LogP contribution in [0, 0.1) is 11.3 Å². The molecule has 2 aromatic carbocycles. The van der Waals surface area contributed by atoms with E-state index in [1.807, 2.05) is 36.4 Å². The third kappa shape index (κ3) is 5.54. The average molecular weight is 445 g/mol. The molecule has 7 nitrogen and oxygen atoms in total. The lowest BCUT2D eigenvalue weighted by atomic mass is 10.1. The lowest BCUT2D eigenvalue weighted by Crippen LogP contribution is -2.23. The Labute approximate surface area is 192 Å². The first-order chi connectivity index (χ1) is 16.2. The molecule has 2 heterocycles. The molecule has 0 saturated heterocycles. The van der Waals surface area contributed by atoms with Crippen molar-refractivity contribution >= 4 is 33.5 Å². The molecule has 0 aliphatic rings. The van der Waals surface area contributed by atoms with E-state index in [2.05, 4.69) is 27.9 Å². The number of nitrogens with zero attached hydrogens (tertiary/aromatic N) is 1. The van der Waals surface area contributed by atoms with E-state index in [9.17, 15) is 4.79 Å². The van der Waals surface area contributed by atoms with Gasteiger partial charge in [-0.1, -0.05) is 0 Å². The molecule has 0 fully saturated rings. The number of nitriles is 1. The Morgan fingerprint density at radius 1 is 1.12 bits per heavy atom. The van der Waals surface area contributed by atoms with Gasteiger partial charge in [0, 0.05) is 41.3 Å². The maximum Gasteiger partial charge on any atom is 0.374 e. The van der Waals surface area contributed by atoms with E-state index >= 15 is 0 Å². The number of nitrogens with one attached hydrogen (secondary N) is 3. The number of aryl methyl sites for hydroxylation is 1. The third-order valence-electron chi connectivity index (χ3n) is 5.57. The van der Waals surface area contributed by atoms with Gasteiger partial charge in [0.1, 0.15) is 5.58 Å². The molecule has 4 aromatic rings. The second-order valence-corrected chi connectivity index (χ2v) is 7.90. The van der Waals surface area contributed by atoms with Crippen LogP contribution in [0.5, 0.6) is 0 Å². The number of benzene rings is 2. The summed E-state index contributed by atoms with van der Waals surface area (Å²) in [6, 6.07) is 15.5. The SMILES string of the molecule is CCOC(=O)c1cc2cc(NCCNCCCCc3c[nH]c4ccc(C#N)cc34)ccc2o1. The van der Waals surface area contributed by atoms with E-state index in [1.165, 1.54) is 5.56 Å². The monoisotopic (exact) mass is 444 g/mol.